The summed E-state index contributed by atoms with van der Waals surface area (Å²) in [5.74, 6) is 0. The van der Waals surface area contributed by atoms with E-state index in [1.54, 1.807) is 0 Å². The minimum atomic E-state index is 1.18. The zero-order valence-corrected chi connectivity index (χ0v) is 22.5. The maximum atomic E-state index is 2.51. The molecule has 0 N–H and O–H groups in total. The van der Waals surface area contributed by atoms with Crippen LogP contribution in [-0.2, 0) is 0 Å². The van der Waals surface area contributed by atoms with Crippen molar-refractivity contribution >= 4 is 74.9 Å². The average Bonchev–Trinajstić information content (AvgIpc) is 3.57. The number of nitrogens with zero attached hydrogens (tertiary/aromatic N) is 1. The molecule has 186 valence electrons. The lowest BCUT2D eigenvalue weighted by Gasteiger charge is -2.13. The van der Waals surface area contributed by atoms with Gasteiger partial charge in [-0.15, -0.1) is 11.3 Å². The van der Waals surface area contributed by atoms with Crippen LogP contribution in [0, 0.1) is 0 Å². The van der Waals surface area contributed by atoms with Crippen LogP contribution in [0.25, 0.3) is 80.3 Å². The number of fused-ring (bicyclic) bond motifs is 11. The second-order valence-corrected chi connectivity index (χ2v) is 11.6. The van der Waals surface area contributed by atoms with Crippen LogP contribution in [0.2, 0.25) is 0 Å². The van der Waals surface area contributed by atoms with Crippen LogP contribution in [0.5, 0.6) is 0 Å². The molecule has 0 radical (unpaired) electrons. The van der Waals surface area contributed by atoms with Crippen LogP contribution in [0.15, 0.2) is 140 Å². The van der Waals surface area contributed by atoms with Crippen molar-refractivity contribution in [2.45, 2.75) is 0 Å². The van der Waals surface area contributed by atoms with Gasteiger partial charge in [-0.2, -0.15) is 0 Å². The Morgan fingerprint density at radius 2 is 1.12 bits per heavy atom. The van der Waals surface area contributed by atoms with Gasteiger partial charge in [-0.1, -0.05) is 109 Å². The highest BCUT2D eigenvalue weighted by Crippen LogP contribution is 2.48. The monoisotopic (exact) mass is 525 g/mol. The second kappa shape index (κ2) is 8.29. The zero-order chi connectivity index (χ0) is 26.2. The summed E-state index contributed by atoms with van der Waals surface area (Å²) in [7, 11) is 0. The van der Waals surface area contributed by atoms with Gasteiger partial charge in [0.2, 0.25) is 0 Å². The van der Waals surface area contributed by atoms with Crippen molar-refractivity contribution in [1.29, 1.82) is 0 Å². The minimum Gasteiger partial charge on any atom is -0.309 e. The molecule has 0 saturated carbocycles. The molecule has 0 spiro atoms. The second-order valence-electron chi connectivity index (χ2n) is 10.5. The molecular weight excluding hydrogens is 502 g/mol. The fourth-order valence-electron chi connectivity index (χ4n) is 6.58. The molecule has 1 nitrogen and oxygen atoms in total. The molecule has 2 heterocycles. The number of aromatic nitrogens is 1. The van der Waals surface area contributed by atoms with Crippen LogP contribution in [0.1, 0.15) is 0 Å². The topological polar surface area (TPSA) is 4.93 Å². The SMILES string of the molecule is c1ccc(-c2cccc(-n3c4cc5ccccc5cc4c4c5c6ccccc6sc5c5ccccc5c43)c2)cc1. The van der Waals surface area contributed by atoms with Gasteiger partial charge < -0.3 is 4.57 Å². The Morgan fingerprint density at radius 1 is 0.450 bits per heavy atom. The molecule has 2 heteroatoms. The Bertz CT molecular complexity index is 2420. The van der Waals surface area contributed by atoms with E-state index in [-0.39, 0.29) is 0 Å². The van der Waals surface area contributed by atoms with Crippen molar-refractivity contribution in [1.82, 2.24) is 4.57 Å². The number of benzene rings is 7. The fourth-order valence-corrected chi connectivity index (χ4v) is 7.82. The summed E-state index contributed by atoms with van der Waals surface area (Å²) in [6, 6.07) is 51.1. The van der Waals surface area contributed by atoms with E-state index in [1.165, 1.54) is 80.3 Å². The van der Waals surface area contributed by atoms with E-state index in [0.29, 0.717) is 0 Å². The van der Waals surface area contributed by atoms with Crippen LogP contribution >= 0.6 is 11.3 Å². The lowest BCUT2D eigenvalue weighted by Crippen LogP contribution is -1.95. The smallest absolute Gasteiger partial charge is 0.0626 e. The summed E-state index contributed by atoms with van der Waals surface area (Å²) in [6.07, 6.45) is 0. The predicted molar refractivity (Wildman–Crippen MR) is 174 cm³/mol. The van der Waals surface area contributed by atoms with Crippen molar-refractivity contribution in [2.24, 2.45) is 0 Å². The Balaban J connectivity index is 1.55. The molecule has 2 aromatic heterocycles. The first-order valence-electron chi connectivity index (χ1n) is 13.7. The molecule has 0 bridgehead atoms. The largest absolute Gasteiger partial charge is 0.309 e. The first-order valence-corrected chi connectivity index (χ1v) is 14.5. The van der Waals surface area contributed by atoms with E-state index in [1.807, 2.05) is 11.3 Å². The maximum Gasteiger partial charge on any atom is 0.0626 e. The third-order valence-electron chi connectivity index (χ3n) is 8.32. The van der Waals surface area contributed by atoms with Crippen molar-refractivity contribution in [3.63, 3.8) is 0 Å². The molecule has 9 aromatic rings. The van der Waals surface area contributed by atoms with Crippen LogP contribution in [-0.4, -0.2) is 4.57 Å². The summed E-state index contributed by atoms with van der Waals surface area (Å²) >= 11 is 1.91. The van der Waals surface area contributed by atoms with Gasteiger partial charge in [-0.25, -0.2) is 0 Å². The lowest BCUT2D eigenvalue weighted by molar-refractivity contribution is 1.19. The summed E-state index contributed by atoms with van der Waals surface area (Å²) in [5.41, 5.74) is 6.15. The number of hydrogen-bond acceptors (Lipinski definition) is 1. The molecule has 0 aliphatic rings. The van der Waals surface area contributed by atoms with Crippen LogP contribution in [0.3, 0.4) is 0 Å². The van der Waals surface area contributed by atoms with Gasteiger partial charge in [0.05, 0.1) is 11.0 Å². The van der Waals surface area contributed by atoms with E-state index in [4.69, 9.17) is 0 Å². The summed E-state index contributed by atoms with van der Waals surface area (Å²) in [6.45, 7) is 0. The van der Waals surface area contributed by atoms with Gasteiger partial charge in [0.1, 0.15) is 0 Å². The Hall–Kier alpha value is -4.92. The van der Waals surface area contributed by atoms with Gasteiger partial charge in [0, 0.05) is 47.4 Å². The van der Waals surface area contributed by atoms with Crippen molar-refractivity contribution < 1.29 is 0 Å². The molecule has 0 aliphatic heterocycles. The molecular formula is C38H23NS. The van der Waals surface area contributed by atoms with E-state index < -0.39 is 0 Å². The van der Waals surface area contributed by atoms with Crippen LogP contribution in [0.4, 0.5) is 0 Å². The average molecular weight is 526 g/mol. The van der Waals surface area contributed by atoms with E-state index in [2.05, 4.69) is 144 Å². The summed E-state index contributed by atoms with van der Waals surface area (Å²) < 4.78 is 5.22. The molecule has 7 aromatic carbocycles. The van der Waals surface area contributed by atoms with Crippen molar-refractivity contribution in [2.75, 3.05) is 0 Å². The third kappa shape index (κ3) is 3.03. The van der Waals surface area contributed by atoms with E-state index in [9.17, 15) is 0 Å². The standard InChI is InChI=1S/C38H23NS/c1-2-11-24(12-3-1)25-15-10-16-28(21-25)39-33-23-27-14-5-4-13-26(27)22-32(33)35-36-31-19-8-9-20-34(31)40-38(36)30-18-7-6-17-29(30)37(35)39/h1-23H. The number of thiophene rings is 1. The quantitative estimate of drug-likeness (QED) is 0.211. The third-order valence-corrected chi connectivity index (χ3v) is 9.52. The van der Waals surface area contributed by atoms with Gasteiger partial charge in [-0.05, 0) is 52.2 Å². The number of hydrogen-bond donors (Lipinski definition) is 0. The minimum absolute atomic E-state index is 1.18. The first-order chi connectivity index (χ1) is 19.8. The van der Waals surface area contributed by atoms with Gasteiger partial charge in [0.15, 0.2) is 0 Å². The van der Waals surface area contributed by atoms with Crippen molar-refractivity contribution in [3.05, 3.63) is 140 Å². The molecule has 0 amide bonds. The van der Waals surface area contributed by atoms with Gasteiger partial charge in [-0.3, -0.25) is 0 Å². The highest BCUT2D eigenvalue weighted by molar-refractivity contribution is 7.27. The first kappa shape index (κ1) is 22.0. The maximum absolute atomic E-state index is 2.51. The lowest BCUT2D eigenvalue weighted by atomic mass is 9.98. The van der Waals surface area contributed by atoms with E-state index >= 15 is 0 Å². The van der Waals surface area contributed by atoms with Gasteiger partial charge >= 0.3 is 0 Å². The molecule has 9 rings (SSSR count). The normalized spacial score (nSPS) is 12.0. The van der Waals surface area contributed by atoms with Gasteiger partial charge in [0.25, 0.3) is 0 Å². The highest BCUT2D eigenvalue weighted by Gasteiger charge is 2.22. The Labute approximate surface area is 235 Å². The Morgan fingerprint density at radius 3 is 1.98 bits per heavy atom. The van der Waals surface area contributed by atoms with Crippen molar-refractivity contribution in [3.8, 4) is 16.8 Å². The molecule has 0 atom stereocenters. The van der Waals surface area contributed by atoms with Crippen LogP contribution < -0.4 is 0 Å². The predicted octanol–water partition coefficient (Wildman–Crippen LogP) is 11.1. The molecule has 0 saturated heterocycles. The molecule has 0 aliphatic carbocycles. The summed E-state index contributed by atoms with van der Waals surface area (Å²) in [4.78, 5) is 0. The molecule has 0 unspecified atom stereocenters. The Kier molecular flexibility index (Phi) is 4.55. The molecule has 0 fully saturated rings. The van der Waals surface area contributed by atoms with E-state index in [0.717, 1.165) is 0 Å². The molecule has 40 heavy (non-hydrogen) atoms. The fraction of sp³-hybridized carbons (Fsp3) is 0. The number of rotatable bonds is 2. The highest BCUT2D eigenvalue weighted by atomic mass is 32.1. The summed E-state index contributed by atoms with van der Waals surface area (Å²) in [5, 5.41) is 10.5. The zero-order valence-electron chi connectivity index (χ0n) is 21.6.